The van der Waals surface area contributed by atoms with E-state index < -0.39 is 12.1 Å². The van der Waals surface area contributed by atoms with Crippen LogP contribution in [-0.2, 0) is 0 Å². The lowest BCUT2D eigenvalue weighted by Crippen LogP contribution is -2.20. The molecule has 1 saturated carbocycles. The molecule has 0 spiro atoms. The zero-order valence-electron chi connectivity index (χ0n) is 13.1. The van der Waals surface area contributed by atoms with Gasteiger partial charge in [0, 0.05) is 17.4 Å². The second-order valence-electron chi connectivity index (χ2n) is 5.94. The third kappa shape index (κ3) is 4.28. The first-order chi connectivity index (χ1) is 11.6. The van der Waals surface area contributed by atoms with Gasteiger partial charge < -0.3 is 14.6 Å². The summed E-state index contributed by atoms with van der Waals surface area (Å²) in [4.78, 5) is 12.1. The van der Waals surface area contributed by atoms with E-state index in [4.69, 9.17) is 21.1 Å². The van der Waals surface area contributed by atoms with Gasteiger partial charge in [0.05, 0.1) is 18.3 Å². The molecule has 2 aromatic carbocycles. The van der Waals surface area contributed by atoms with Crippen LogP contribution in [0.15, 0.2) is 54.6 Å². The Morgan fingerprint density at radius 1 is 1.08 bits per heavy atom. The molecule has 0 amide bonds. The molecule has 0 aromatic heterocycles. The molecule has 0 aliphatic heterocycles. The first kappa shape index (κ1) is 16.8. The van der Waals surface area contributed by atoms with Gasteiger partial charge in [0.15, 0.2) is 0 Å². The Bertz CT molecular complexity index is 689. The molecule has 126 valence electrons. The lowest BCUT2D eigenvalue weighted by molar-refractivity contribution is 0.0734. The van der Waals surface area contributed by atoms with Gasteiger partial charge in [-0.1, -0.05) is 24.3 Å². The van der Waals surface area contributed by atoms with Crippen molar-refractivity contribution in [1.82, 2.24) is 0 Å². The lowest BCUT2D eigenvalue weighted by Gasteiger charge is -2.15. The van der Waals surface area contributed by atoms with Gasteiger partial charge in [-0.15, -0.1) is 11.6 Å². The van der Waals surface area contributed by atoms with Crippen molar-refractivity contribution in [2.45, 2.75) is 24.3 Å². The van der Waals surface area contributed by atoms with E-state index in [1.807, 2.05) is 6.07 Å². The molecule has 2 aromatic rings. The number of benzene rings is 2. The molecule has 4 nitrogen and oxygen atoms in total. The Hall–Kier alpha value is -2.04. The molecule has 1 N–H and O–H groups in total. The van der Waals surface area contributed by atoms with Gasteiger partial charge >= 0.3 is 5.97 Å². The number of esters is 1. The summed E-state index contributed by atoms with van der Waals surface area (Å²) >= 11 is 6.05. The van der Waals surface area contributed by atoms with Gasteiger partial charge in [-0.25, -0.2) is 4.79 Å². The Kier molecular flexibility index (Phi) is 5.38. The van der Waals surface area contributed by atoms with Gasteiger partial charge in [-0.2, -0.15) is 0 Å². The maximum absolute atomic E-state index is 12.1. The second kappa shape index (κ2) is 7.69. The zero-order chi connectivity index (χ0) is 16.9. The average Bonchev–Trinajstić information content (AvgIpc) is 2.91. The van der Waals surface area contributed by atoms with E-state index in [2.05, 4.69) is 0 Å². The topological polar surface area (TPSA) is 55.8 Å². The number of halogens is 1. The van der Waals surface area contributed by atoms with Gasteiger partial charge in [0.25, 0.3) is 0 Å². The van der Waals surface area contributed by atoms with Crippen LogP contribution in [0.4, 0.5) is 0 Å². The maximum Gasteiger partial charge on any atom is 0.343 e. The summed E-state index contributed by atoms with van der Waals surface area (Å²) < 4.78 is 11.1. The highest BCUT2D eigenvalue weighted by Gasteiger charge is 2.32. The summed E-state index contributed by atoms with van der Waals surface area (Å²) in [5.74, 6) is 0.633. The van der Waals surface area contributed by atoms with Crippen molar-refractivity contribution in [3.05, 3.63) is 60.2 Å². The van der Waals surface area contributed by atoms with Gasteiger partial charge in [0.2, 0.25) is 0 Å². The van der Waals surface area contributed by atoms with Crippen LogP contribution in [0, 0.1) is 5.92 Å². The largest absolute Gasteiger partial charge is 0.493 e. The van der Waals surface area contributed by atoms with E-state index in [0.29, 0.717) is 30.1 Å². The molecule has 0 bridgehead atoms. The quantitative estimate of drug-likeness (QED) is 0.510. The first-order valence-corrected chi connectivity index (χ1v) is 8.37. The van der Waals surface area contributed by atoms with Crippen LogP contribution in [-0.4, -0.2) is 29.2 Å². The minimum atomic E-state index is -0.424. The Labute approximate surface area is 146 Å². The van der Waals surface area contributed by atoms with Crippen LogP contribution < -0.4 is 9.47 Å². The summed E-state index contributed by atoms with van der Waals surface area (Å²) in [6.07, 6.45) is 0.919. The minimum absolute atomic E-state index is 0.00626. The fraction of sp³-hybridized carbons (Fsp3) is 0.316. The predicted octanol–water partition coefficient (Wildman–Crippen LogP) is 3.66. The number of aliphatic hydroxyl groups is 1. The van der Waals surface area contributed by atoms with Crippen molar-refractivity contribution in [1.29, 1.82) is 0 Å². The van der Waals surface area contributed by atoms with Crippen LogP contribution in [0.5, 0.6) is 11.5 Å². The number of aliphatic hydroxyl groups excluding tert-OH is 1. The highest BCUT2D eigenvalue weighted by atomic mass is 35.5. The molecular formula is C19H19ClO4. The average molecular weight is 347 g/mol. The van der Waals surface area contributed by atoms with Crippen molar-refractivity contribution >= 4 is 17.6 Å². The first-order valence-electron chi connectivity index (χ1n) is 7.94. The third-order valence-electron chi connectivity index (χ3n) is 4.09. The molecule has 24 heavy (non-hydrogen) atoms. The van der Waals surface area contributed by atoms with Gasteiger partial charge in [-0.05, 0) is 37.1 Å². The van der Waals surface area contributed by atoms with Crippen LogP contribution in [0.1, 0.15) is 23.2 Å². The highest BCUT2D eigenvalue weighted by molar-refractivity contribution is 6.20. The van der Waals surface area contributed by atoms with Crippen molar-refractivity contribution < 1.29 is 19.4 Å². The fourth-order valence-electron chi connectivity index (χ4n) is 2.79. The molecule has 3 atom stereocenters. The number of rotatable bonds is 5. The number of ether oxygens (including phenoxy) is 2. The smallest absolute Gasteiger partial charge is 0.343 e. The van der Waals surface area contributed by atoms with Crippen molar-refractivity contribution in [3.63, 3.8) is 0 Å². The maximum atomic E-state index is 12.1. The molecular weight excluding hydrogens is 328 g/mol. The SMILES string of the molecule is O=C(Oc1cccc(OC[C@@H]2C[C@H](Cl)C[C@H]2O)c1)c1ccccc1. The predicted molar refractivity (Wildman–Crippen MR) is 91.7 cm³/mol. The molecule has 0 saturated heterocycles. The van der Waals surface area contributed by atoms with E-state index in [-0.39, 0.29) is 11.3 Å². The number of carbonyl (C=O) groups excluding carboxylic acids is 1. The Morgan fingerprint density at radius 3 is 2.54 bits per heavy atom. The number of hydrogen-bond acceptors (Lipinski definition) is 4. The fourth-order valence-corrected chi connectivity index (χ4v) is 3.20. The van der Waals surface area contributed by atoms with E-state index in [0.717, 1.165) is 6.42 Å². The van der Waals surface area contributed by atoms with Crippen LogP contribution in [0.3, 0.4) is 0 Å². The molecule has 1 aliphatic carbocycles. The summed E-state index contributed by atoms with van der Waals surface area (Å²) in [5, 5.41) is 9.91. The zero-order valence-corrected chi connectivity index (χ0v) is 13.9. The molecule has 1 fully saturated rings. The van der Waals surface area contributed by atoms with Crippen molar-refractivity contribution in [2.75, 3.05) is 6.61 Å². The Morgan fingerprint density at radius 2 is 1.83 bits per heavy atom. The highest BCUT2D eigenvalue weighted by Crippen LogP contribution is 2.31. The summed E-state index contributed by atoms with van der Waals surface area (Å²) in [6, 6.07) is 15.7. The third-order valence-corrected chi connectivity index (χ3v) is 4.45. The van der Waals surface area contributed by atoms with Crippen molar-refractivity contribution in [2.24, 2.45) is 5.92 Å². The normalized spacial score (nSPS) is 23.0. The van der Waals surface area contributed by atoms with E-state index in [1.54, 1.807) is 48.5 Å². The summed E-state index contributed by atoms with van der Waals surface area (Å²) in [7, 11) is 0. The summed E-state index contributed by atoms with van der Waals surface area (Å²) in [6.45, 7) is 0.389. The number of carbonyl (C=O) groups is 1. The molecule has 0 unspecified atom stereocenters. The van der Waals surface area contributed by atoms with Crippen molar-refractivity contribution in [3.8, 4) is 11.5 Å². The lowest BCUT2D eigenvalue weighted by atomic mass is 10.1. The van der Waals surface area contributed by atoms with E-state index >= 15 is 0 Å². The van der Waals surface area contributed by atoms with Crippen LogP contribution in [0.25, 0.3) is 0 Å². The van der Waals surface area contributed by atoms with Gasteiger partial charge in [0.1, 0.15) is 11.5 Å². The van der Waals surface area contributed by atoms with Crippen LogP contribution >= 0.6 is 11.6 Å². The number of alkyl halides is 1. The standard InChI is InChI=1S/C19H19ClO4/c20-15-9-14(18(21)10-15)12-23-16-7-4-8-17(11-16)24-19(22)13-5-2-1-3-6-13/h1-8,11,14-15,18,21H,9-10,12H2/t14-,15-,18+/m0/s1. The molecule has 5 heteroatoms. The monoisotopic (exact) mass is 346 g/mol. The van der Waals surface area contributed by atoms with E-state index in [1.165, 1.54) is 0 Å². The number of hydrogen-bond donors (Lipinski definition) is 1. The van der Waals surface area contributed by atoms with Crippen LogP contribution in [0.2, 0.25) is 0 Å². The molecule has 0 radical (unpaired) electrons. The second-order valence-corrected chi connectivity index (χ2v) is 6.55. The Balaban J connectivity index is 1.59. The van der Waals surface area contributed by atoms with Gasteiger partial charge in [-0.3, -0.25) is 0 Å². The molecule has 1 aliphatic rings. The summed E-state index contributed by atoms with van der Waals surface area (Å²) in [5.41, 5.74) is 0.492. The van der Waals surface area contributed by atoms with E-state index in [9.17, 15) is 9.90 Å². The molecule has 3 rings (SSSR count). The minimum Gasteiger partial charge on any atom is -0.493 e. The molecule has 0 heterocycles.